The van der Waals surface area contributed by atoms with Gasteiger partial charge in [0.2, 0.25) is 5.88 Å². The van der Waals surface area contributed by atoms with Crippen molar-refractivity contribution < 1.29 is 14.6 Å². The third-order valence-corrected chi connectivity index (χ3v) is 3.25. The predicted octanol–water partition coefficient (Wildman–Crippen LogP) is 0.277. The summed E-state index contributed by atoms with van der Waals surface area (Å²) >= 11 is 0. The average molecular weight is 280 g/mol. The van der Waals surface area contributed by atoms with Gasteiger partial charge in [0.1, 0.15) is 0 Å². The van der Waals surface area contributed by atoms with Crippen LogP contribution >= 0.6 is 0 Å². The molecular formula is C13H20N4O3. The number of pyridine rings is 1. The molecule has 0 aliphatic carbocycles. The van der Waals surface area contributed by atoms with Crippen molar-refractivity contribution in [1.82, 2.24) is 15.2 Å². The lowest BCUT2D eigenvalue weighted by Crippen LogP contribution is -2.46. The van der Waals surface area contributed by atoms with E-state index in [1.54, 1.807) is 25.4 Å². The lowest BCUT2D eigenvalue weighted by Gasteiger charge is -2.26. The highest BCUT2D eigenvalue weighted by atomic mass is 16.5. The van der Waals surface area contributed by atoms with E-state index in [1.807, 2.05) is 6.92 Å². The Balaban J connectivity index is 1.93. The molecule has 1 aromatic heterocycles. The normalized spacial score (nSPS) is 21.6. The van der Waals surface area contributed by atoms with Gasteiger partial charge in [-0.1, -0.05) is 0 Å². The van der Waals surface area contributed by atoms with Crippen molar-refractivity contribution in [3.8, 4) is 5.88 Å². The van der Waals surface area contributed by atoms with E-state index in [1.165, 1.54) is 4.90 Å². The van der Waals surface area contributed by atoms with Crippen LogP contribution in [0.5, 0.6) is 5.88 Å². The maximum atomic E-state index is 12.1. The molecule has 0 spiro atoms. The number of hydrogen-bond acceptors (Lipinski definition) is 5. The van der Waals surface area contributed by atoms with Crippen LogP contribution in [-0.2, 0) is 0 Å². The topological polar surface area (TPSA) is 86.7 Å². The number of β-amino-alcohol motifs (C(OH)–C–C–N with tert-alkyl or cyclic N) is 1. The summed E-state index contributed by atoms with van der Waals surface area (Å²) in [7, 11) is 1.66. The van der Waals surface area contributed by atoms with Gasteiger partial charge in [0.05, 0.1) is 30.6 Å². The Hall–Kier alpha value is -1.86. The van der Waals surface area contributed by atoms with Gasteiger partial charge >= 0.3 is 6.03 Å². The molecule has 0 saturated carbocycles. The molecule has 3 N–H and O–H groups in total. The number of carbonyl (C=O) groups is 1. The summed E-state index contributed by atoms with van der Waals surface area (Å²) in [5.74, 6) is 0.522. The second-order valence-electron chi connectivity index (χ2n) is 4.65. The highest BCUT2D eigenvalue weighted by Crippen LogP contribution is 2.14. The molecule has 1 aliphatic heterocycles. The Morgan fingerprint density at radius 1 is 1.60 bits per heavy atom. The molecule has 7 nitrogen and oxygen atoms in total. The minimum atomic E-state index is -0.538. The molecule has 1 fully saturated rings. The van der Waals surface area contributed by atoms with Crippen LogP contribution in [0, 0.1) is 0 Å². The number of urea groups is 1. The number of hydrogen-bond donors (Lipinski definition) is 3. The molecule has 0 bridgehead atoms. The summed E-state index contributed by atoms with van der Waals surface area (Å²) in [5.41, 5.74) is 0.589. The first-order valence-electron chi connectivity index (χ1n) is 6.63. The zero-order valence-corrected chi connectivity index (χ0v) is 11.7. The van der Waals surface area contributed by atoms with E-state index >= 15 is 0 Å². The third kappa shape index (κ3) is 3.37. The molecule has 110 valence electrons. The van der Waals surface area contributed by atoms with Gasteiger partial charge in [-0.05, 0) is 13.0 Å². The maximum absolute atomic E-state index is 12.1. The van der Waals surface area contributed by atoms with Crippen molar-refractivity contribution in [2.45, 2.75) is 19.1 Å². The molecule has 2 atom stereocenters. The van der Waals surface area contributed by atoms with E-state index in [9.17, 15) is 9.90 Å². The Morgan fingerprint density at radius 3 is 2.95 bits per heavy atom. The van der Waals surface area contributed by atoms with Crippen molar-refractivity contribution in [3.05, 3.63) is 18.3 Å². The fourth-order valence-electron chi connectivity index (χ4n) is 2.10. The number of rotatable bonds is 4. The van der Waals surface area contributed by atoms with Gasteiger partial charge in [-0.3, -0.25) is 0 Å². The van der Waals surface area contributed by atoms with E-state index in [-0.39, 0.29) is 12.1 Å². The van der Waals surface area contributed by atoms with E-state index in [0.717, 1.165) is 0 Å². The van der Waals surface area contributed by atoms with Gasteiger partial charge in [0.15, 0.2) is 0 Å². The molecular weight excluding hydrogens is 260 g/mol. The molecule has 1 saturated heterocycles. The summed E-state index contributed by atoms with van der Waals surface area (Å²) in [6, 6.07) is 2.94. The SMILES string of the molecule is CCOc1ccc(NC(=O)N(C)[C@H]2CNC[C@@H]2O)cn1. The summed E-state index contributed by atoms with van der Waals surface area (Å²) in [6.07, 6.45) is 1.00. The first-order chi connectivity index (χ1) is 9.61. The lowest BCUT2D eigenvalue weighted by molar-refractivity contribution is 0.115. The van der Waals surface area contributed by atoms with Gasteiger partial charge in [-0.25, -0.2) is 9.78 Å². The summed E-state index contributed by atoms with van der Waals surface area (Å²) < 4.78 is 5.23. The standard InChI is InChI=1S/C13H20N4O3/c1-3-20-12-5-4-9(6-15-12)16-13(19)17(2)10-7-14-8-11(10)18/h4-6,10-11,14,18H,3,7-8H2,1-2H3,(H,16,19)/t10-,11-/m0/s1. The first kappa shape index (κ1) is 14.5. The molecule has 2 heterocycles. The number of ether oxygens (including phenoxy) is 1. The Bertz CT molecular complexity index is 451. The number of aliphatic hydroxyl groups is 1. The van der Waals surface area contributed by atoms with E-state index in [2.05, 4.69) is 15.6 Å². The van der Waals surface area contributed by atoms with Crippen molar-refractivity contribution in [1.29, 1.82) is 0 Å². The molecule has 1 aromatic rings. The minimum Gasteiger partial charge on any atom is -0.478 e. The first-order valence-corrected chi connectivity index (χ1v) is 6.63. The number of nitrogens with one attached hydrogen (secondary N) is 2. The van der Waals surface area contributed by atoms with E-state index in [0.29, 0.717) is 31.3 Å². The number of amides is 2. The quantitative estimate of drug-likeness (QED) is 0.737. The van der Waals surface area contributed by atoms with Crippen LogP contribution in [0.4, 0.5) is 10.5 Å². The van der Waals surface area contributed by atoms with Crippen molar-refractivity contribution in [3.63, 3.8) is 0 Å². The monoisotopic (exact) mass is 280 g/mol. The minimum absolute atomic E-state index is 0.217. The Kier molecular flexibility index (Phi) is 4.75. The molecule has 7 heteroatoms. The fraction of sp³-hybridized carbons (Fsp3) is 0.538. The van der Waals surface area contributed by atoms with Crippen molar-refractivity contribution >= 4 is 11.7 Å². The fourth-order valence-corrected chi connectivity index (χ4v) is 2.10. The highest BCUT2D eigenvalue weighted by molar-refractivity contribution is 5.89. The van der Waals surface area contributed by atoms with E-state index in [4.69, 9.17) is 4.74 Å². The van der Waals surface area contributed by atoms with Crippen molar-refractivity contribution in [2.24, 2.45) is 0 Å². The smallest absolute Gasteiger partial charge is 0.322 e. The average Bonchev–Trinajstić information content (AvgIpc) is 2.86. The van der Waals surface area contributed by atoms with Crippen LogP contribution in [0.2, 0.25) is 0 Å². The molecule has 2 rings (SSSR count). The van der Waals surface area contributed by atoms with E-state index < -0.39 is 6.10 Å². The molecule has 0 unspecified atom stereocenters. The number of anilines is 1. The largest absolute Gasteiger partial charge is 0.478 e. The number of aromatic nitrogens is 1. The summed E-state index contributed by atoms with van der Waals surface area (Å²) in [5, 5.41) is 15.5. The second kappa shape index (κ2) is 6.53. The van der Waals surface area contributed by atoms with Crippen LogP contribution < -0.4 is 15.4 Å². The summed E-state index contributed by atoms with van der Waals surface area (Å²) in [4.78, 5) is 17.6. The van der Waals surface area contributed by atoms with Gasteiger partial charge in [-0.2, -0.15) is 0 Å². The highest BCUT2D eigenvalue weighted by Gasteiger charge is 2.31. The second-order valence-corrected chi connectivity index (χ2v) is 4.65. The van der Waals surface area contributed by atoms with Crippen molar-refractivity contribution in [2.75, 3.05) is 32.1 Å². The molecule has 0 radical (unpaired) electrons. The number of nitrogens with zero attached hydrogens (tertiary/aromatic N) is 2. The number of carbonyl (C=O) groups excluding carboxylic acids is 1. The molecule has 20 heavy (non-hydrogen) atoms. The zero-order chi connectivity index (χ0) is 14.5. The molecule has 2 amide bonds. The molecule has 0 aromatic carbocycles. The summed E-state index contributed by atoms with van der Waals surface area (Å²) in [6.45, 7) is 3.53. The predicted molar refractivity (Wildman–Crippen MR) is 74.9 cm³/mol. The Labute approximate surface area is 117 Å². The third-order valence-electron chi connectivity index (χ3n) is 3.25. The molecule has 1 aliphatic rings. The van der Waals surface area contributed by atoms with Gasteiger partial charge in [0.25, 0.3) is 0 Å². The van der Waals surface area contributed by atoms with Gasteiger partial charge in [-0.15, -0.1) is 0 Å². The van der Waals surface area contributed by atoms with Gasteiger partial charge < -0.3 is 25.4 Å². The van der Waals surface area contributed by atoms with Crippen LogP contribution in [-0.4, -0.2) is 59.9 Å². The number of aliphatic hydroxyl groups excluding tert-OH is 1. The number of likely N-dealkylation sites (N-methyl/N-ethyl adjacent to an activating group) is 1. The Morgan fingerprint density at radius 2 is 2.40 bits per heavy atom. The van der Waals surface area contributed by atoms with Crippen LogP contribution in [0.1, 0.15) is 6.92 Å². The zero-order valence-electron chi connectivity index (χ0n) is 11.7. The maximum Gasteiger partial charge on any atom is 0.322 e. The van der Waals surface area contributed by atoms with Crippen LogP contribution in [0.25, 0.3) is 0 Å². The van der Waals surface area contributed by atoms with Crippen LogP contribution in [0.15, 0.2) is 18.3 Å². The van der Waals surface area contributed by atoms with Gasteiger partial charge in [0, 0.05) is 26.2 Å². The lowest BCUT2D eigenvalue weighted by atomic mass is 10.2. The van der Waals surface area contributed by atoms with Crippen LogP contribution in [0.3, 0.4) is 0 Å².